The van der Waals surface area contributed by atoms with Crippen LogP contribution in [-0.2, 0) is 4.79 Å². The fourth-order valence-corrected chi connectivity index (χ4v) is 5.90. The number of fused-ring (bicyclic) bond motifs is 1. The number of carbonyl (C=O) groups excluding carboxylic acids is 1. The third kappa shape index (κ3) is 6.21. The fourth-order valence-electron chi connectivity index (χ4n) is 5.90. The van der Waals surface area contributed by atoms with Crippen LogP contribution in [0.25, 0.3) is 34.3 Å². The van der Waals surface area contributed by atoms with E-state index in [-0.39, 0.29) is 11.2 Å². The number of hydrogen-bond donors (Lipinski definition) is 0. The van der Waals surface area contributed by atoms with E-state index in [0.717, 1.165) is 33.7 Å². The number of pyridine rings is 2. The molecule has 3 heterocycles. The van der Waals surface area contributed by atoms with Gasteiger partial charge in [-0.25, -0.2) is 0 Å². The van der Waals surface area contributed by atoms with Gasteiger partial charge in [0.2, 0.25) is 0 Å². The first-order valence-electron chi connectivity index (χ1n) is 15.4. The highest BCUT2D eigenvalue weighted by molar-refractivity contribution is 6.09. The molecule has 0 amide bonds. The van der Waals surface area contributed by atoms with Crippen LogP contribution in [0.3, 0.4) is 0 Å². The minimum atomic E-state index is -0.106. The first-order chi connectivity index (χ1) is 22.6. The average Bonchev–Trinajstić information content (AvgIpc) is 3.51. The highest BCUT2D eigenvalue weighted by atomic mass is 16.1. The first kappa shape index (κ1) is 30.2. The maximum Gasteiger partial charge on any atom is 0.197 e. The molecule has 0 atom stereocenters. The van der Waals surface area contributed by atoms with Crippen molar-refractivity contribution in [2.24, 2.45) is 0 Å². The van der Waals surface area contributed by atoms with Crippen molar-refractivity contribution < 1.29 is 4.79 Å². The van der Waals surface area contributed by atoms with Crippen LogP contribution in [-0.4, -0.2) is 26.8 Å². The second kappa shape index (κ2) is 13.9. The molecule has 2 aromatic heterocycles. The van der Waals surface area contributed by atoms with Crippen LogP contribution in [0, 0.1) is 0 Å². The average molecular weight is 602 g/mol. The molecule has 0 radical (unpaired) electrons. The molecule has 0 spiro atoms. The van der Waals surface area contributed by atoms with E-state index < -0.39 is 0 Å². The normalized spacial score (nSPS) is 17.7. The molecule has 3 aromatic rings. The number of allylic oxidation sites excluding steroid dienone is 16. The lowest BCUT2D eigenvalue weighted by molar-refractivity contribution is -0.111. The molecule has 1 aliphatic heterocycles. The standard InChI is InChI=1S/C41H35N3O2/c1-3-5-8-17-35-28-40(45)32(29-43(35)33-18-13-14-30(21-22-33)31-23-25-42-26-24-31)27-39-36(4-2)41(46)37-19-11-12-20-38(37)44(39)34-15-9-6-7-10-16-34/h3-15,17,19-28H,2,16,18,29H2,1H3/b5-3-,17-8-,32-27+. The number of rotatable bonds is 7. The highest BCUT2D eigenvalue weighted by Crippen LogP contribution is 2.31. The van der Waals surface area contributed by atoms with Crippen LogP contribution in [0.15, 0.2) is 162 Å². The van der Waals surface area contributed by atoms with Crippen LogP contribution >= 0.6 is 0 Å². The molecule has 2 aliphatic carbocycles. The van der Waals surface area contributed by atoms with Crippen molar-refractivity contribution in [3.05, 3.63) is 184 Å². The minimum Gasteiger partial charge on any atom is -0.340 e. The monoisotopic (exact) mass is 601 g/mol. The van der Waals surface area contributed by atoms with E-state index in [9.17, 15) is 9.59 Å². The molecular formula is C41H35N3O2. The van der Waals surface area contributed by atoms with Gasteiger partial charge in [0, 0.05) is 64.9 Å². The van der Waals surface area contributed by atoms with E-state index in [1.165, 1.54) is 0 Å². The Morgan fingerprint density at radius 1 is 0.891 bits per heavy atom. The molecule has 46 heavy (non-hydrogen) atoms. The van der Waals surface area contributed by atoms with Crippen LogP contribution in [0.5, 0.6) is 0 Å². The predicted octanol–water partition coefficient (Wildman–Crippen LogP) is 8.61. The Hall–Kier alpha value is -5.81. The lowest BCUT2D eigenvalue weighted by Crippen LogP contribution is -2.31. The third-order valence-electron chi connectivity index (χ3n) is 8.17. The van der Waals surface area contributed by atoms with E-state index in [4.69, 9.17) is 0 Å². The predicted molar refractivity (Wildman–Crippen MR) is 191 cm³/mol. The highest BCUT2D eigenvalue weighted by Gasteiger charge is 2.25. The van der Waals surface area contributed by atoms with E-state index in [0.29, 0.717) is 41.6 Å². The second-order valence-electron chi connectivity index (χ2n) is 11.1. The van der Waals surface area contributed by atoms with Gasteiger partial charge in [-0.1, -0.05) is 85.5 Å². The van der Waals surface area contributed by atoms with E-state index in [2.05, 4.69) is 57.5 Å². The Labute approximate surface area is 269 Å². The summed E-state index contributed by atoms with van der Waals surface area (Å²) in [6, 6.07) is 11.6. The lowest BCUT2D eigenvalue weighted by Gasteiger charge is -2.32. The van der Waals surface area contributed by atoms with Crippen LogP contribution in [0.2, 0.25) is 0 Å². The second-order valence-corrected chi connectivity index (χ2v) is 11.1. The number of aromatic nitrogens is 2. The number of para-hydroxylation sites is 1. The number of hydrogen-bond acceptors (Lipinski definition) is 4. The van der Waals surface area contributed by atoms with Crippen molar-refractivity contribution in [2.45, 2.75) is 19.8 Å². The summed E-state index contributed by atoms with van der Waals surface area (Å²) in [5.74, 6) is -0.0917. The summed E-state index contributed by atoms with van der Waals surface area (Å²) in [5, 5.41) is 0.609. The molecule has 5 nitrogen and oxygen atoms in total. The van der Waals surface area contributed by atoms with Gasteiger partial charge in [-0.2, -0.15) is 0 Å². The number of carbonyl (C=O) groups is 1. The van der Waals surface area contributed by atoms with Crippen LogP contribution in [0.1, 0.15) is 36.6 Å². The van der Waals surface area contributed by atoms with Crippen molar-refractivity contribution in [1.29, 1.82) is 0 Å². The van der Waals surface area contributed by atoms with Crippen molar-refractivity contribution in [1.82, 2.24) is 14.5 Å². The summed E-state index contributed by atoms with van der Waals surface area (Å²) < 4.78 is 2.10. The fraction of sp³-hybridized carbons (Fsp3) is 0.0976. The smallest absolute Gasteiger partial charge is 0.197 e. The third-order valence-corrected chi connectivity index (χ3v) is 8.17. The lowest BCUT2D eigenvalue weighted by atomic mass is 9.98. The van der Waals surface area contributed by atoms with Crippen molar-refractivity contribution in [3.8, 4) is 0 Å². The Kier molecular flexibility index (Phi) is 9.12. The van der Waals surface area contributed by atoms with Crippen LogP contribution < -0.4 is 5.43 Å². The van der Waals surface area contributed by atoms with Gasteiger partial charge in [0.15, 0.2) is 11.2 Å². The largest absolute Gasteiger partial charge is 0.340 e. The van der Waals surface area contributed by atoms with Crippen LogP contribution in [0.4, 0.5) is 0 Å². The molecule has 1 aromatic carbocycles. The van der Waals surface area contributed by atoms with Crippen molar-refractivity contribution in [2.75, 3.05) is 6.54 Å². The molecular weight excluding hydrogens is 566 g/mol. The molecule has 226 valence electrons. The molecule has 0 fully saturated rings. The summed E-state index contributed by atoms with van der Waals surface area (Å²) >= 11 is 0. The van der Waals surface area contributed by atoms with E-state index in [1.807, 2.05) is 91.9 Å². The van der Waals surface area contributed by atoms with Gasteiger partial charge in [-0.3, -0.25) is 14.6 Å². The van der Waals surface area contributed by atoms with Gasteiger partial charge in [0.1, 0.15) is 0 Å². The Bertz CT molecular complexity index is 2070. The van der Waals surface area contributed by atoms with Gasteiger partial charge in [0.05, 0.1) is 17.8 Å². The quantitative estimate of drug-likeness (QED) is 0.201. The summed E-state index contributed by atoms with van der Waals surface area (Å²) in [4.78, 5) is 34.0. The van der Waals surface area contributed by atoms with Crippen molar-refractivity contribution >= 4 is 40.1 Å². The summed E-state index contributed by atoms with van der Waals surface area (Å²) in [5.41, 5.74) is 7.41. The maximum atomic E-state index is 13.8. The molecule has 0 unspecified atom stereocenters. The van der Waals surface area contributed by atoms with E-state index in [1.54, 1.807) is 24.5 Å². The Morgan fingerprint density at radius 3 is 2.54 bits per heavy atom. The number of nitrogens with zero attached hydrogens (tertiary/aromatic N) is 3. The van der Waals surface area contributed by atoms with Crippen molar-refractivity contribution in [3.63, 3.8) is 0 Å². The summed E-state index contributed by atoms with van der Waals surface area (Å²) in [7, 11) is 0. The Balaban J connectivity index is 1.51. The Morgan fingerprint density at radius 2 is 1.72 bits per heavy atom. The molecule has 0 N–H and O–H groups in total. The number of ketones is 1. The SMILES string of the molecule is C=Cc1c(/C=C2\CN(C3=CC=C(c4ccncc4)C=CC3)C(/C=C\C=C/C)=CC2=O)n(C2=CC=CC=CC2)c2ccccc2c1=O. The molecule has 6 rings (SSSR count). The molecule has 0 bridgehead atoms. The molecule has 5 heteroatoms. The minimum absolute atomic E-state index is 0.0917. The van der Waals surface area contributed by atoms with Gasteiger partial charge in [-0.05, 0) is 66.6 Å². The van der Waals surface area contributed by atoms with Gasteiger partial charge in [-0.15, -0.1) is 0 Å². The van der Waals surface area contributed by atoms with E-state index >= 15 is 0 Å². The summed E-state index contributed by atoms with van der Waals surface area (Å²) in [6.45, 7) is 6.33. The zero-order valence-electron chi connectivity index (χ0n) is 25.8. The molecule has 0 saturated carbocycles. The number of benzene rings is 1. The maximum absolute atomic E-state index is 13.8. The van der Waals surface area contributed by atoms with Gasteiger partial charge >= 0.3 is 0 Å². The molecule has 3 aliphatic rings. The first-order valence-corrected chi connectivity index (χ1v) is 15.4. The van der Waals surface area contributed by atoms with Gasteiger partial charge < -0.3 is 9.47 Å². The van der Waals surface area contributed by atoms with Gasteiger partial charge in [0.25, 0.3) is 0 Å². The zero-order chi connectivity index (χ0) is 31.9. The topological polar surface area (TPSA) is 55.2 Å². The zero-order valence-corrected chi connectivity index (χ0v) is 25.8. The molecule has 0 saturated heterocycles. The summed E-state index contributed by atoms with van der Waals surface area (Å²) in [6.07, 6.45) is 36.6.